The lowest BCUT2D eigenvalue weighted by Crippen LogP contribution is -2.36. The van der Waals surface area contributed by atoms with E-state index in [1.165, 1.54) is 6.07 Å². The lowest BCUT2D eigenvalue weighted by Gasteiger charge is -2.20. The van der Waals surface area contributed by atoms with Crippen LogP contribution < -0.4 is 16.0 Å². The van der Waals surface area contributed by atoms with Crippen molar-refractivity contribution in [1.82, 2.24) is 5.32 Å². The number of phenolic OH excluding ortho intramolecular Hbond substituents is 2. The Morgan fingerprint density at radius 2 is 1.67 bits per heavy atom. The molecule has 2 aromatic rings. The number of primary amides is 1. The normalized spacial score (nSPS) is 10.7. The van der Waals surface area contributed by atoms with Crippen molar-refractivity contribution in [1.29, 1.82) is 0 Å². The van der Waals surface area contributed by atoms with Crippen molar-refractivity contribution < 1.29 is 15.0 Å². The highest BCUT2D eigenvalue weighted by atomic mass is 16.3. The molecule has 0 aliphatic carbocycles. The summed E-state index contributed by atoms with van der Waals surface area (Å²) >= 11 is 0. The summed E-state index contributed by atoms with van der Waals surface area (Å²) in [5.41, 5.74) is 7.31. The van der Waals surface area contributed by atoms with E-state index in [2.05, 4.69) is 5.32 Å². The first-order valence-corrected chi connectivity index (χ1v) is 9.41. The number of para-hydroxylation sites is 1. The zero-order valence-corrected chi connectivity index (χ0v) is 15.6. The van der Waals surface area contributed by atoms with Gasteiger partial charge in [0.1, 0.15) is 0 Å². The highest BCUT2D eigenvalue weighted by molar-refractivity contribution is 5.90. The molecular weight excluding hydrogens is 342 g/mol. The average Bonchev–Trinajstić information content (AvgIpc) is 2.66. The van der Waals surface area contributed by atoms with Crippen molar-refractivity contribution in [3.8, 4) is 11.5 Å². The minimum Gasteiger partial charge on any atom is -0.504 e. The Hall–Kier alpha value is -2.73. The van der Waals surface area contributed by atoms with Crippen molar-refractivity contribution in [2.75, 3.05) is 24.5 Å². The van der Waals surface area contributed by atoms with Gasteiger partial charge in [-0.2, -0.15) is 0 Å². The minimum atomic E-state index is -0.414. The molecule has 0 aromatic heterocycles. The SMILES string of the molecule is NC(=O)N(CCCCCCNCCc1ccc(O)c(O)c1)c1ccccc1. The van der Waals surface area contributed by atoms with Crippen molar-refractivity contribution >= 4 is 11.7 Å². The first kappa shape index (κ1) is 20.6. The number of rotatable bonds is 11. The van der Waals surface area contributed by atoms with Gasteiger partial charge >= 0.3 is 6.03 Å². The van der Waals surface area contributed by atoms with Gasteiger partial charge in [0.05, 0.1) is 0 Å². The van der Waals surface area contributed by atoms with E-state index in [9.17, 15) is 15.0 Å². The molecule has 0 radical (unpaired) electrons. The third kappa shape index (κ3) is 7.19. The van der Waals surface area contributed by atoms with Gasteiger partial charge in [0, 0.05) is 12.2 Å². The maximum Gasteiger partial charge on any atom is 0.319 e. The Morgan fingerprint density at radius 3 is 2.37 bits per heavy atom. The summed E-state index contributed by atoms with van der Waals surface area (Å²) in [7, 11) is 0. The number of nitrogens with two attached hydrogens (primary N) is 1. The molecule has 0 saturated heterocycles. The van der Waals surface area contributed by atoms with Crippen LogP contribution in [0, 0.1) is 0 Å². The third-order valence-electron chi connectivity index (χ3n) is 4.45. The number of aromatic hydroxyl groups is 2. The quantitative estimate of drug-likeness (QED) is 0.359. The summed E-state index contributed by atoms with van der Waals surface area (Å²) in [6.45, 7) is 2.40. The van der Waals surface area contributed by atoms with E-state index in [0.29, 0.717) is 6.54 Å². The fourth-order valence-electron chi connectivity index (χ4n) is 2.93. The van der Waals surface area contributed by atoms with Crippen LogP contribution in [-0.4, -0.2) is 35.9 Å². The molecule has 6 nitrogen and oxygen atoms in total. The lowest BCUT2D eigenvalue weighted by molar-refractivity contribution is 0.253. The minimum absolute atomic E-state index is 0.0759. The Kier molecular flexibility index (Phi) is 8.45. The van der Waals surface area contributed by atoms with Crippen LogP contribution in [0.3, 0.4) is 0 Å². The second kappa shape index (κ2) is 11.1. The standard InChI is InChI=1S/C21H29N3O3/c22-21(27)24(18-8-4-3-5-9-18)15-7-2-1-6-13-23-14-12-17-10-11-19(25)20(26)16-17/h3-5,8-11,16,23,25-26H,1-2,6-7,12-15H2,(H2,22,27). The predicted molar refractivity (Wildman–Crippen MR) is 108 cm³/mol. The van der Waals surface area contributed by atoms with Crippen LogP contribution in [0.2, 0.25) is 0 Å². The molecule has 0 spiro atoms. The van der Waals surface area contributed by atoms with E-state index in [4.69, 9.17) is 5.73 Å². The summed E-state index contributed by atoms with van der Waals surface area (Å²) in [4.78, 5) is 13.2. The van der Waals surface area contributed by atoms with Gasteiger partial charge in [-0.3, -0.25) is 4.90 Å². The number of unbranched alkanes of at least 4 members (excludes halogenated alkanes) is 3. The predicted octanol–water partition coefficient (Wildman–Crippen LogP) is 3.38. The molecule has 0 fully saturated rings. The van der Waals surface area contributed by atoms with E-state index >= 15 is 0 Å². The van der Waals surface area contributed by atoms with Crippen LogP contribution in [0.25, 0.3) is 0 Å². The molecule has 2 aromatic carbocycles. The van der Waals surface area contributed by atoms with Gasteiger partial charge in [-0.25, -0.2) is 4.79 Å². The number of urea groups is 1. The van der Waals surface area contributed by atoms with Crippen molar-refractivity contribution in [2.24, 2.45) is 5.73 Å². The van der Waals surface area contributed by atoms with E-state index in [1.807, 2.05) is 36.4 Å². The number of amides is 2. The summed E-state index contributed by atoms with van der Waals surface area (Å²) in [5.74, 6) is -0.165. The third-order valence-corrected chi connectivity index (χ3v) is 4.45. The van der Waals surface area contributed by atoms with Gasteiger partial charge in [-0.1, -0.05) is 37.1 Å². The number of anilines is 1. The summed E-state index contributed by atoms with van der Waals surface area (Å²) in [6, 6.07) is 14.0. The molecule has 2 rings (SSSR count). The van der Waals surface area contributed by atoms with E-state index in [-0.39, 0.29) is 11.5 Å². The summed E-state index contributed by atoms with van der Waals surface area (Å²) in [5, 5.41) is 22.1. The number of benzene rings is 2. The van der Waals surface area contributed by atoms with E-state index < -0.39 is 6.03 Å². The van der Waals surface area contributed by atoms with Crippen molar-refractivity contribution in [2.45, 2.75) is 32.1 Å². The summed E-state index contributed by atoms with van der Waals surface area (Å²) < 4.78 is 0. The molecule has 0 unspecified atom stereocenters. The molecule has 0 aliphatic heterocycles. The molecule has 146 valence electrons. The Morgan fingerprint density at radius 1 is 0.926 bits per heavy atom. The monoisotopic (exact) mass is 371 g/mol. The van der Waals surface area contributed by atoms with Crippen LogP contribution in [0.1, 0.15) is 31.2 Å². The van der Waals surface area contributed by atoms with Gasteiger partial charge < -0.3 is 21.3 Å². The van der Waals surface area contributed by atoms with Crippen LogP contribution in [0.5, 0.6) is 11.5 Å². The molecule has 0 bridgehead atoms. The van der Waals surface area contributed by atoms with Crippen molar-refractivity contribution in [3.63, 3.8) is 0 Å². The highest BCUT2D eigenvalue weighted by Gasteiger charge is 2.10. The molecular formula is C21H29N3O3. The number of nitrogens with one attached hydrogen (secondary N) is 1. The lowest BCUT2D eigenvalue weighted by atomic mass is 10.1. The maximum absolute atomic E-state index is 11.6. The zero-order valence-electron chi connectivity index (χ0n) is 15.6. The van der Waals surface area contributed by atoms with Crippen LogP contribution in [0.15, 0.2) is 48.5 Å². The van der Waals surface area contributed by atoms with Gasteiger partial charge in [-0.15, -0.1) is 0 Å². The van der Waals surface area contributed by atoms with Crippen molar-refractivity contribution in [3.05, 3.63) is 54.1 Å². The molecule has 0 aliphatic rings. The Balaban J connectivity index is 1.54. The molecule has 27 heavy (non-hydrogen) atoms. The molecule has 2 amide bonds. The first-order valence-electron chi connectivity index (χ1n) is 9.41. The number of carbonyl (C=O) groups excluding carboxylic acids is 1. The fourth-order valence-corrected chi connectivity index (χ4v) is 2.93. The highest BCUT2D eigenvalue weighted by Crippen LogP contribution is 2.24. The topological polar surface area (TPSA) is 98.8 Å². The van der Waals surface area contributed by atoms with Crippen LogP contribution >= 0.6 is 0 Å². The number of nitrogens with zero attached hydrogens (tertiary/aromatic N) is 1. The zero-order chi connectivity index (χ0) is 19.5. The van der Waals surface area contributed by atoms with Gasteiger partial charge in [0.25, 0.3) is 0 Å². The number of hydrogen-bond donors (Lipinski definition) is 4. The molecule has 0 saturated carbocycles. The molecule has 0 atom stereocenters. The first-order chi connectivity index (χ1) is 13.1. The van der Waals surface area contributed by atoms with Gasteiger partial charge in [0.15, 0.2) is 11.5 Å². The van der Waals surface area contributed by atoms with Gasteiger partial charge in [0.2, 0.25) is 0 Å². The second-order valence-corrected chi connectivity index (χ2v) is 6.56. The summed E-state index contributed by atoms with van der Waals surface area (Å²) in [6.07, 6.45) is 4.93. The van der Waals surface area contributed by atoms with E-state index in [1.54, 1.807) is 11.0 Å². The maximum atomic E-state index is 11.6. The number of hydrogen-bond acceptors (Lipinski definition) is 4. The second-order valence-electron chi connectivity index (χ2n) is 6.56. The van der Waals surface area contributed by atoms with E-state index in [0.717, 1.165) is 56.4 Å². The molecule has 5 N–H and O–H groups in total. The smallest absolute Gasteiger partial charge is 0.319 e. The average molecular weight is 371 g/mol. The fraction of sp³-hybridized carbons (Fsp3) is 0.381. The number of phenols is 2. The largest absolute Gasteiger partial charge is 0.504 e. The van der Waals surface area contributed by atoms with Crippen LogP contribution in [-0.2, 0) is 6.42 Å². The Labute approximate surface area is 160 Å². The molecule has 0 heterocycles. The van der Waals surface area contributed by atoms with Gasteiger partial charge in [-0.05, 0) is 62.2 Å². The number of carbonyl (C=O) groups is 1. The Bertz CT molecular complexity index is 707. The van der Waals surface area contributed by atoms with Crippen LogP contribution in [0.4, 0.5) is 10.5 Å². The molecule has 6 heteroatoms.